The Bertz CT molecular complexity index is 157. The smallest absolute Gasteiger partial charge is 0.0279 e. The van der Waals surface area contributed by atoms with Crippen molar-refractivity contribution in [2.24, 2.45) is 0 Å². The van der Waals surface area contributed by atoms with Gasteiger partial charge in [-0.2, -0.15) is 0 Å². The van der Waals surface area contributed by atoms with Crippen molar-refractivity contribution >= 4 is 0 Å². The van der Waals surface area contributed by atoms with Gasteiger partial charge in [0.1, 0.15) is 0 Å². The molecule has 0 fully saturated rings. The Labute approximate surface area is 116 Å². The number of hydrogen-bond acceptors (Lipinski definition) is 0. The summed E-state index contributed by atoms with van der Waals surface area (Å²) >= 11 is 0. The molecule has 0 N–H and O–H groups in total. The highest BCUT2D eigenvalue weighted by Crippen LogP contribution is 2.10. The second-order valence-corrected chi connectivity index (χ2v) is 5.48. The Morgan fingerprint density at radius 3 is 1.72 bits per heavy atom. The SMILES string of the molecule is CCCCC/[C]=C\CCCCCCCCCCC. The van der Waals surface area contributed by atoms with Gasteiger partial charge in [-0.15, -0.1) is 0 Å². The van der Waals surface area contributed by atoms with Crippen LogP contribution in [0.5, 0.6) is 0 Å². The molecular formula is C18H35. The molecule has 0 rings (SSSR count). The van der Waals surface area contributed by atoms with Crippen LogP contribution in [0.2, 0.25) is 0 Å². The van der Waals surface area contributed by atoms with Gasteiger partial charge >= 0.3 is 0 Å². The molecule has 0 atom stereocenters. The Hall–Kier alpha value is -0.260. The molecule has 0 aromatic carbocycles. The van der Waals surface area contributed by atoms with Gasteiger partial charge in [0, 0.05) is 0 Å². The molecule has 0 unspecified atom stereocenters. The molecule has 0 amide bonds. The summed E-state index contributed by atoms with van der Waals surface area (Å²) in [6.07, 6.45) is 25.0. The third kappa shape index (κ3) is 15.7. The van der Waals surface area contributed by atoms with E-state index in [0.29, 0.717) is 0 Å². The summed E-state index contributed by atoms with van der Waals surface area (Å²) in [5.41, 5.74) is 0. The Morgan fingerprint density at radius 1 is 0.611 bits per heavy atom. The second kappa shape index (κ2) is 16.7. The molecule has 0 saturated carbocycles. The van der Waals surface area contributed by atoms with Crippen molar-refractivity contribution in [3.63, 3.8) is 0 Å². The van der Waals surface area contributed by atoms with Crippen LogP contribution in [0.1, 0.15) is 104 Å². The van der Waals surface area contributed by atoms with Crippen molar-refractivity contribution in [2.45, 2.75) is 104 Å². The van der Waals surface area contributed by atoms with Gasteiger partial charge in [-0.25, -0.2) is 0 Å². The van der Waals surface area contributed by atoms with E-state index in [1.165, 1.54) is 89.9 Å². The van der Waals surface area contributed by atoms with Crippen LogP contribution in [-0.4, -0.2) is 0 Å². The van der Waals surface area contributed by atoms with Crippen molar-refractivity contribution in [3.05, 3.63) is 12.2 Å². The highest BCUT2D eigenvalue weighted by atomic mass is 14.0. The first-order valence-corrected chi connectivity index (χ1v) is 8.46. The van der Waals surface area contributed by atoms with E-state index in [-0.39, 0.29) is 0 Å². The molecule has 0 heteroatoms. The number of rotatable bonds is 14. The van der Waals surface area contributed by atoms with E-state index in [1.807, 2.05) is 0 Å². The topological polar surface area (TPSA) is 0 Å². The zero-order chi connectivity index (χ0) is 13.3. The quantitative estimate of drug-likeness (QED) is 0.296. The first-order valence-electron chi connectivity index (χ1n) is 8.46. The lowest BCUT2D eigenvalue weighted by Crippen LogP contribution is -1.80. The summed E-state index contributed by atoms with van der Waals surface area (Å²) < 4.78 is 0. The van der Waals surface area contributed by atoms with Gasteiger partial charge in [0.25, 0.3) is 0 Å². The van der Waals surface area contributed by atoms with Crippen LogP contribution in [-0.2, 0) is 0 Å². The summed E-state index contributed by atoms with van der Waals surface area (Å²) in [5, 5.41) is 0. The van der Waals surface area contributed by atoms with Crippen LogP contribution in [0.25, 0.3) is 0 Å². The molecule has 0 nitrogen and oxygen atoms in total. The maximum atomic E-state index is 3.42. The van der Waals surface area contributed by atoms with Gasteiger partial charge < -0.3 is 0 Å². The van der Waals surface area contributed by atoms with Gasteiger partial charge in [0.2, 0.25) is 0 Å². The molecule has 18 heavy (non-hydrogen) atoms. The summed E-state index contributed by atoms with van der Waals surface area (Å²) in [4.78, 5) is 0. The second-order valence-electron chi connectivity index (χ2n) is 5.48. The molecule has 0 aliphatic heterocycles. The van der Waals surface area contributed by atoms with E-state index in [2.05, 4.69) is 26.0 Å². The van der Waals surface area contributed by atoms with Crippen LogP contribution in [0.3, 0.4) is 0 Å². The van der Waals surface area contributed by atoms with Crippen molar-refractivity contribution in [1.29, 1.82) is 0 Å². The Morgan fingerprint density at radius 2 is 1.11 bits per heavy atom. The Kier molecular flexibility index (Phi) is 16.5. The van der Waals surface area contributed by atoms with Gasteiger partial charge in [-0.1, -0.05) is 84.1 Å². The molecule has 0 aromatic heterocycles. The summed E-state index contributed by atoms with van der Waals surface area (Å²) in [7, 11) is 0. The minimum atomic E-state index is 1.17. The van der Waals surface area contributed by atoms with E-state index in [1.54, 1.807) is 0 Å². The van der Waals surface area contributed by atoms with Gasteiger partial charge in [-0.05, 0) is 31.8 Å². The van der Waals surface area contributed by atoms with Crippen molar-refractivity contribution in [2.75, 3.05) is 0 Å². The molecule has 0 bridgehead atoms. The first-order chi connectivity index (χ1) is 8.91. The standard InChI is InChI=1S/C18H35/c1-3-5-7-9-11-13-15-17-18-16-14-12-10-8-6-4-2/h14H,3-11,13,15-18H2,1-2H3. The largest absolute Gasteiger partial charge is 0.0811 e. The average Bonchev–Trinajstić information content (AvgIpc) is 2.39. The molecule has 0 aliphatic rings. The lowest BCUT2D eigenvalue weighted by Gasteiger charge is -2.00. The highest BCUT2D eigenvalue weighted by molar-refractivity contribution is 4.73. The fourth-order valence-electron chi connectivity index (χ4n) is 2.24. The van der Waals surface area contributed by atoms with Crippen LogP contribution in [0.4, 0.5) is 0 Å². The van der Waals surface area contributed by atoms with Crippen molar-refractivity contribution in [3.8, 4) is 0 Å². The normalized spacial score (nSPS) is 11.4. The maximum Gasteiger partial charge on any atom is -0.0279 e. The number of allylic oxidation sites excluding steroid dienone is 2. The molecule has 107 valence electrons. The zero-order valence-corrected chi connectivity index (χ0v) is 13.0. The van der Waals surface area contributed by atoms with E-state index in [0.717, 1.165) is 0 Å². The fourth-order valence-corrected chi connectivity index (χ4v) is 2.24. The van der Waals surface area contributed by atoms with E-state index < -0.39 is 0 Å². The van der Waals surface area contributed by atoms with Crippen LogP contribution in [0, 0.1) is 6.08 Å². The van der Waals surface area contributed by atoms with Crippen LogP contribution >= 0.6 is 0 Å². The van der Waals surface area contributed by atoms with Gasteiger partial charge in [0.05, 0.1) is 0 Å². The van der Waals surface area contributed by atoms with Crippen molar-refractivity contribution in [1.82, 2.24) is 0 Å². The van der Waals surface area contributed by atoms with Gasteiger partial charge in [0.15, 0.2) is 0 Å². The molecule has 0 aliphatic carbocycles. The lowest BCUT2D eigenvalue weighted by molar-refractivity contribution is 0.566. The van der Waals surface area contributed by atoms with Crippen molar-refractivity contribution < 1.29 is 0 Å². The summed E-state index contributed by atoms with van der Waals surface area (Å²) in [5.74, 6) is 0. The third-order valence-corrected chi connectivity index (χ3v) is 3.52. The predicted molar refractivity (Wildman–Crippen MR) is 83.8 cm³/mol. The molecule has 0 aromatic rings. The minimum absolute atomic E-state index is 1.17. The minimum Gasteiger partial charge on any atom is -0.0811 e. The summed E-state index contributed by atoms with van der Waals surface area (Å²) in [6, 6.07) is 0. The molecule has 1 radical (unpaired) electrons. The monoisotopic (exact) mass is 251 g/mol. The number of hydrogen-bond donors (Lipinski definition) is 0. The fraction of sp³-hybridized carbons (Fsp3) is 0.889. The Balaban J connectivity index is 2.98. The van der Waals surface area contributed by atoms with Crippen LogP contribution < -0.4 is 0 Å². The molecule has 0 saturated heterocycles. The maximum absolute atomic E-state index is 3.42. The van der Waals surface area contributed by atoms with E-state index >= 15 is 0 Å². The lowest BCUT2D eigenvalue weighted by atomic mass is 10.1. The average molecular weight is 251 g/mol. The van der Waals surface area contributed by atoms with Crippen LogP contribution in [0.15, 0.2) is 6.08 Å². The predicted octanol–water partition coefficient (Wildman–Crippen LogP) is 6.85. The highest BCUT2D eigenvalue weighted by Gasteiger charge is 1.91. The first kappa shape index (κ1) is 17.7. The summed E-state index contributed by atoms with van der Waals surface area (Å²) in [6.45, 7) is 4.54. The third-order valence-electron chi connectivity index (χ3n) is 3.52. The van der Waals surface area contributed by atoms with Gasteiger partial charge in [-0.3, -0.25) is 0 Å². The van der Waals surface area contributed by atoms with E-state index in [4.69, 9.17) is 0 Å². The molecular weight excluding hydrogens is 216 g/mol. The molecule has 0 heterocycles. The zero-order valence-electron chi connectivity index (χ0n) is 13.0. The molecule has 0 spiro atoms. The number of unbranched alkanes of at least 4 members (excludes halogenated alkanes) is 12. The van der Waals surface area contributed by atoms with E-state index in [9.17, 15) is 0 Å².